The maximum atomic E-state index is 12.4. The van der Waals surface area contributed by atoms with Gasteiger partial charge in [-0.3, -0.25) is 9.59 Å². The molecular weight excluding hydrogens is 342 g/mol. The second kappa shape index (κ2) is 7.45. The maximum Gasteiger partial charge on any atom is 0.263 e. The number of hydrogen-bond acceptors (Lipinski definition) is 4. The van der Waals surface area contributed by atoms with Crippen molar-refractivity contribution in [2.75, 3.05) is 11.9 Å². The molecule has 1 aromatic heterocycles. The molecular formula is C21H19N3O3. The Labute approximate surface area is 156 Å². The van der Waals surface area contributed by atoms with Gasteiger partial charge in [0.1, 0.15) is 11.6 Å². The number of para-hydroxylation sites is 2. The number of amides is 1. The molecule has 1 aliphatic rings. The minimum Gasteiger partial charge on any atom is -0.483 e. The normalized spacial score (nSPS) is 13.2. The van der Waals surface area contributed by atoms with Crippen LogP contribution in [-0.2, 0) is 4.79 Å². The zero-order valence-corrected chi connectivity index (χ0v) is 14.7. The lowest BCUT2D eigenvalue weighted by Crippen LogP contribution is -2.22. The summed E-state index contributed by atoms with van der Waals surface area (Å²) in [7, 11) is 0. The quantitative estimate of drug-likeness (QED) is 0.653. The van der Waals surface area contributed by atoms with E-state index in [9.17, 15) is 9.59 Å². The molecule has 0 bridgehead atoms. The molecule has 0 atom stereocenters. The number of aldehydes is 1. The van der Waals surface area contributed by atoms with Crippen LogP contribution in [0.5, 0.6) is 5.75 Å². The highest BCUT2D eigenvalue weighted by molar-refractivity contribution is 5.91. The number of hydrogen-bond donors (Lipinski definition) is 1. The van der Waals surface area contributed by atoms with Gasteiger partial charge in [0.15, 0.2) is 12.9 Å². The third kappa shape index (κ3) is 3.89. The molecule has 6 heteroatoms. The molecule has 1 aliphatic carbocycles. The Bertz CT molecular complexity index is 962. The third-order valence-corrected chi connectivity index (χ3v) is 4.40. The smallest absolute Gasteiger partial charge is 0.263 e. The van der Waals surface area contributed by atoms with E-state index in [1.165, 1.54) is 0 Å². The van der Waals surface area contributed by atoms with Crippen molar-refractivity contribution in [2.45, 2.75) is 18.8 Å². The Morgan fingerprint density at radius 1 is 1.15 bits per heavy atom. The molecule has 27 heavy (non-hydrogen) atoms. The molecule has 3 aromatic rings. The van der Waals surface area contributed by atoms with Crippen LogP contribution in [0.4, 0.5) is 5.82 Å². The summed E-state index contributed by atoms with van der Waals surface area (Å²) in [5.41, 5.74) is 2.28. The topological polar surface area (TPSA) is 73.2 Å². The first-order chi connectivity index (χ1) is 13.2. The summed E-state index contributed by atoms with van der Waals surface area (Å²) >= 11 is 0. The highest BCUT2D eigenvalue weighted by Gasteiger charge is 2.28. The lowest BCUT2D eigenvalue weighted by atomic mass is 10.2. The van der Waals surface area contributed by atoms with Crippen molar-refractivity contribution in [1.82, 2.24) is 9.78 Å². The van der Waals surface area contributed by atoms with Crippen LogP contribution in [0.2, 0.25) is 0 Å². The molecule has 2 aromatic carbocycles. The fraction of sp³-hybridized carbons (Fsp3) is 0.190. The maximum absolute atomic E-state index is 12.4. The van der Waals surface area contributed by atoms with E-state index in [-0.39, 0.29) is 12.5 Å². The van der Waals surface area contributed by atoms with Crippen LogP contribution in [0, 0.1) is 0 Å². The monoisotopic (exact) mass is 361 g/mol. The SMILES string of the molecule is O=Cc1ccccc1OCC(=O)Nc1cc(C2CC2)nn1-c1ccccc1. The van der Waals surface area contributed by atoms with Gasteiger partial charge >= 0.3 is 0 Å². The summed E-state index contributed by atoms with van der Waals surface area (Å²) in [5, 5.41) is 7.52. The molecule has 6 nitrogen and oxygen atoms in total. The molecule has 1 amide bonds. The standard InChI is InChI=1S/C21H19N3O3/c25-13-16-6-4-5-9-19(16)27-14-21(26)22-20-12-18(15-10-11-15)23-24(20)17-7-2-1-3-8-17/h1-9,12-13,15H,10-11,14H2,(H,22,26). The second-order valence-electron chi connectivity index (χ2n) is 6.47. The summed E-state index contributed by atoms with van der Waals surface area (Å²) in [6, 6.07) is 18.4. The molecule has 0 aliphatic heterocycles. The number of anilines is 1. The van der Waals surface area contributed by atoms with Gasteiger partial charge < -0.3 is 10.1 Å². The molecule has 0 saturated heterocycles. The highest BCUT2D eigenvalue weighted by Crippen LogP contribution is 2.40. The van der Waals surface area contributed by atoms with E-state index in [1.807, 2.05) is 36.4 Å². The van der Waals surface area contributed by atoms with E-state index < -0.39 is 0 Å². The minimum atomic E-state index is -0.310. The van der Waals surface area contributed by atoms with Crippen molar-refractivity contribution in [2.24, 2.45) is 0 Å². The van der Waals surface area contributed by atoms with Gasteiger partial charge in [-0.05, 0) is 37.1 Å². The molecule has 1 fully saturated rings. The Balaban J connectivity index is 1.50. The highest BCUT2D eigenvalue weighted by atomic mass is 16.5. The van der Waals surface area contributed by atoms with Gasteiger partial charge in [0.2, 0.25) is 0 Å². The van der Waals surface area contributed by atoms with Crippen molar-refractivity contribution < 1.29 is 14.3 Å². The van der Waals surface area contributed by atoms with E-state index in [4.69, 9.17) is 4.74 Å². The molecule has 1 heterocycles. The average molecular weight is 361 g/mol. The van der Waals surface area contributed by atoms with Crippen LogP contribution in [0.15, 0.2) is 60.7 Å². The van der Waals surface area contributed by atoms with Crippen molar-refractivity contribution in [1.29, 1.82) is 0 Å². The van der Waals surface area contributed by atoms with Crippen molar-refractivity contribution in [3.63, 3.8) is 0 Å². The fourth-order valence-corrected chi connectivity index (χ4v) is 2.86. The minimum absolute atomic E-state index is 0.191. The Morgan fingerprint density at radius 3 is 2.63 bits per heavy atom. The van der Waals surface area contributed by atoms with E-state index >= 15 is 0 Å². The van der Waals surface area contributed by atoms with Gasteiger partial charge in [0.25, 0.3) is 5.91 Å². The Kier molecular flexibility index (Phi) is 4.70. The second-order valence-corrected chi connectivity index (χ2v) is 6.47. The summed E-state index contributed by atoms with van der Waals surface area (Å²) in [4.78, 5) is 23.4. The van der Waals surface area contributed by atoms with E-state index in [0.29, 0.717) is 29.3 Å². The average Bonchev–Trinajstić information content (AvgIpc) is 3.48. The summed E-state index contributed by atoms with van der Waals surface area (Å²) in [5.74, 6) is 1.16. The Hall–Kier alpha value is -3.41. The van der Waals surface area contributed by atoms with Gasteiger partial charge in [0.05, 0.1) is 16.9 Å². The number of benzene rings is 2. The summed E-state index contributed by atoms with van der Waals surface area (Å²) in [6.07, 6.45) is 2.97. The summed E-state index contributed by atoms with van der Waals surface area (Å²) in [6.45, 7) is -0.191. The fourth-order valence-electron chi connectivity index (χ4n) is 2.86. The van der Waals surface area contributed by atoms with Gasteiger partial charge in [0, 0.05) is 12.0 Å². The van der Waals surface area contributed by atoms with Gasteiger partial charge in [-0.25, -0.2) is 4.68 Å². The zero-order chi connectivity index (χ0) is 18.6. The predicted octanol–water partition coefficient (Wildman–Crippen LogP) is 3.58. The molecule has 0 radical (unpaired) electrons. The van der Waals surface area contributed by atoms with Gasteiger partial charge in [-0.15, -0.1) is 0 Å². The van der Waals surface area contributed by atoms with Crippen LogP contribution in [0.1, 0.15) is 34.8 Å². The first-order valence-electron chi connectivity index (χ1n) is 8.87. The third-order valence-electron chi connectivity index (χ3n) is 4.40. The molecule has 1 saturated carbocycles. The van der Waals surface area contributed by atoms with Crippen LogP contribution in [0.3, 0.4) is 0 Å². The van der Waals surface area contributed by atoms with Gasteiger partial charge in [-0.2, -0.15) is 5.10 Å². The number of carbonyl (C=O) groups is 2. The number of aromatic nitrogens is 2. The predicted molar refractivity (Wildman–Crippen MR) is 101 cm³/mol. The molecule has 4 rings (SSSR count). The van der Waals surface area contributed by atoms with Crippen LogP contribution in [0.25, 0.3) is 5.69 Å². The zero-order valence-electron chi connectivity index (χ0n) is 14.7. The van der Waals surface area contributed by atoms with Crippen molar-refractivity contribution >= 4 is 18.0 Å². The van der Waals surface area contributed by atoms with E-state index in [2.05, 4.69) is 10.4 Å². The Morgan fingerprint density at radius 2 is 1.89 bits per heavy atom. The lowest BCUT2D eigenvalue weighted by molar-refractivity contribution is -0.118. The van der Waals surface area contributed by atoms with E-state index in [0.717, 1.165) is 24.2 Å². The molecule has 0 spiro atoms. The van der Waals surface area contributed by atoms with Crippen molar-refractivity contribution in [3.05, 3.63) is 71.9 Å². The van der Waals surface area contributed by atoms with Crippen LogP contribution < -0.4 is 10.1 Å². The number of nitrogens with one attached hydrogen (secondary N) is 1. The van der Waals surface area contributed by atoms with E-state index in [1.54, 1.807) is 28.9 Å². The first kappa shape index (κ1) is 17.0. The van der Waals surface area contributed by atoms with Gasteiger partial charge in [-0.1, -0.05) is 30.3 Å². The summed E-state index contributed by atoms with van der Waals surface area (Å²) < 4.78 is 7.24. The number of ether oxygens (including phenoxy) is 1. The molecule has 0 unspecified atom stereocenters. The lowest BCUT2D eigenvalue weighted by Gasteiger charge is -2.10. The van der Waals surface area contributed by atoms with Crippen LogP contribution >= 0.6 is 0 Å². The molecule has 136 valence electrons. The number of rotatable bonds is 7. The first-order valence-corrected chi connectivity index (χ1v) is 8.87. The number of carbonyl (C=O) groups excluding carboxylic acids is 2. The van der Waals surface area contributed by atoms with Crippen LogP contribution in [-0.4, -0.2) is 28.6 Å². The molecule has 1 N–H and O–H groups in total. The largest absolute Gasteiger partial charge is 0.483 e. The number of nitrogens with zero attached hydrogens (tertiary/aromatic N) is 2. The van der Waals surface area contributed by atoms with Crippen molar-refractivity contribution in [3.8, 4) is 11.4 Å².